The van der Waals surface area contributed by atoms with Crippen LogP contribution in [-0.4, -0.2) is 24.1 Å². The number of aryl methyl sites for hydroxylation is 2. The van der Waals surface area contributed by atoms with Crippen LogP contribution >= 0.6 is 0 Å². The lowest BCUT2D eigenvalue weighted by Crippen LogP contribution is -2.30. The lowest BCUT2D eigenvalue weighted by atomic mass is 9.98. The van der Waals surface area contributed by atoms with Gasteiger partial charge in [0.1, 0.15) is 5.75 Å². The van der Waals surface area contributed by atoms with Gasteiger partial charge in [-0.2, -0.15) is 0 Å². The van der Waals surface area contributed by atoms with Gasteiger partial charge in [-0.15, -0.1) is 0 Å². The summed E-state index contributed by atoms with van der Waals surface area (Å²) >= 11 is 0. The molecular weight excluding hydrogens is 330 g/mol. The molecule has 0 spiro atoms. The first-order valence-electron chi connectivity index (χ1n) is 8.69. The van der Waals surface area contributed by atoms with Crippen molar-refractivity contribution in [3.63, 3.8) is 0 Å². The summed E-state index contributed by atoms with van der Waals surface area (Å²) in [6.45, 7) is 1.92. The highest BCUT2D eigenvalue weighted by Gasteiger charge is 2.19. The second-order valence-electron chi connectivity index (χ2n) is 6.28. The summed E-state index contributed by atoms with van der Waals surface area (Å²) in [5.41, 5.74) is 2.95. The van der Waals surface area contributed by atoms with Gasteiger partial charge >= 0.3 is 5.97 Å². The van der Waals surface area contributed by atoms with Gasteiger partial charge in [-0.05, 0) is 48.6 Å². The summed E-state index contributed by atoms with van der Waals surface area (Å²) in [5, 5.41) is 12.0. The highest BCUT2D eigenvalue weighted by molar-refractivity contribution is 5.77. The molecule has 0 aliphatic heterocycles. The van der Waals surface area contributed by atoms with Crippen LogP contribution in [0.25, 0.3) is 0 Å². The van der Waals surface area contributed by atoms with Crippen molar-refractivity contribution in [3.8, 4) is 5.75 Å². The first-order valence-corrected chi connectivity index (χ1v) is 8.69. The summed E-state index contributed by atoms with van der Waals surface area (Å²) in [4.78, 5) is 23.5. The van der Waals surface area contributed by atoms with Gasteiger partial charge in [-0.3, -0.25) is 9.59 Å². The lowest BCUT2D eigenvalue weighted by Gasteiger charge is -2.19. The van der Waals surface area contributed by atoms with Crippen LogP contribution in [0.3, 0.4) is 0 Å². The minimum atomic E-state index is -0.934. The summed E-state index contributed by atoms with van der Waals surface area (Å²) < 4.78 is 5.13. The molecule has 1 unspecified atom stereocenters. The average Bonchev–Trinajstić information content (AvgIpc) is 2.62. The van der Waals surface area contributed by atoms with Crippen molar-refractivity contribution in [1.29, 1.82) is 0 Å². The number of methoxy groups -OCH3 is 1. The number of hydrogen-bond acceptors (Lipinski definition) is 3. The van der Waals surface area contributed by atoms with Gasteiger partial charge in [-0.1, -0.05) is 36.4 Å². The largest absolute Gasteiger partial charge is 0.497 e. The van der Waals surface area contributed by atoms with Crippen molar-refractivity contribution in [2.24, 2.45) is 0 Å². The Labute approximate surface area is 154 Å². The summed E-state index contributed by atoms with van der Waals surface area (Å²) in [5.74, 6) is -0.258. The molecule has 5 nitrogen and oxygen atoms in total. The van der Waals surface area contributed by atoms with Crippen molar-refractivity contribution in [1.82, 2.24) is 5.32 Å². The Bertz CT molecular complexity index is 740. The van der Waals surface area contributed by atoms with E-state index in [0.717, 1.165) is 28.9 Å². The van der Waals surface area contributed by atoms with Gasteiger partial charge in [0, 0.05) is 6.42 Å². The molecule has 26 heavy (non-hydrogen) atoms. The number of aliphatic carboxylic acids is 1. The zero-order chi connectivity index (χ0) is 18.9. The van der Waals surface area contributed by atoms with Crippen LogP contribution in [0, 0.1) is 6.92 Å². The number of carboxylic acids is 1. The van der Waals surface area contributed by atoms with E-state index in [4.69, 9.17) is 9.84 Å². The van der Waals surface area contributed by atoms with Gasteiger partial charge in [0.15, 0.2) is 0 Å². The molecule has 0 aliphatic rings. The zero-order valence-corrected chi connectivity index (χ0v) is 15.2. The van der Waals surface area contributed by atoms with E-state index in [-0.39, 0.29) is 12.3 Å². The number of nitrogens with one attached hydrogen (secondary N) is 1. The SMILES string of the molecule is COc1ccc(CCCC(=O)NC(CC(=O)O)c2ccccc2C)cc1. The Balaban J connectivity index is 1.90. The highest BCUT2D eigenvalue weighted by atomic mass is 16.5. The zero-order valence-electron chi connectivity index (χ0n) is 15.2. The van der Waals surface area contributed by atoms with E-state index in [1.54, 1.807) is 7.11 Å². The maximum Gasteiger partial charge on any atom is 0.305 e. The molecule has 0 heterocycles. The van der Waals surface area contributed by atoms with E-state index in [2.05, 4.69) is 5.32 Å². The number of hydrogen-bond donors (Lipinski definition) is 2. The van der Waals surface area contributed by atoms with Crippen LogP contribution < -0.4 is 10.1 Å². The van der Waals surface area contributed by atoms with Gasteiger partial charge < -0.3 is 15.2 Å². The minimum absolute atomic E-state index is 0.130. The quantitative estimate of drug-likeness (QED) is 0.720. The maximum atomic E-state index is 12.3. The first-order chi connectivity index (χ1) is 12.5. The summed E-state index contributed by atoms with van der Waals surface area (Å²) in [7, 11) is 1.63. The molecule has 5 heteroatoms. The van der Waals surface area contributed by atoms with Gasteiger partial charge in [0.25, 0.3) is 0 Å². The van der Waals surface area contributed by atoms with Gasteiger partial charge in [0.2, 0.25) is 5.91 Å². The van der Waals surface area contributed by atoms with Crippen LogP contribution in [0.2, 0.25) is 0 Å². The normalized spacial score (nSPS) is 11.6. The third-order valence-electron chi connectivity index (χ3n) is 4.31. The van der Waals surface area contributed by atoms with E-state index in [1.807, 2.05) is 55.5 Å². The molecule has 138 valence electrons. The molecule has 2 N–H and O–H groups in total. The second-order valence-corrected chi connectivity index (χ2v) is 6.28. The van der Waals surface area contributed by atoms with Crippen molar-refractivity contribution in [3.05, 3.63) is 65.2 Å². The predicted molar refractivity (Wildman–Crippen MR) is 100 cm³/mol. The number of carbonyl (C=O) groups is 2. The summed E-state index contributed by atoms with van der Waals surface area (Å²) in [6.07, 6.45) is 1.71. The Morgan fingerprint density at radius 1 is 1.12 bits per heavy atom. The number of carboxylic acid groups (broad SMARTS) is 1. The molecule has 0 fully saturated rings. The van der Waals surface area contributed by atoms with E-state index in [9.17, 15) is 9.59 Å². The lowest BCUT2D eigenvalue weighted by molar-refractivity contribution is -0.137. The van der Waals surface area contributed by atoms with E-state index >= 15 is 0 Å². The summed E-state index contributed by atoms with van der Waals surface area (Å²) in [6, 6.07) is 14.8. The number of rotatable bonds is 9. The van der Waals surface area contributed by atoms with Crippen LogP contribution in [0.15, 0.2) is 48.5 Å². The van der Waals surface area contributed by atoms with Crippen LogP contribution in [0.1, 0.15) is 42.0 Å². The fraction of sp³-hybridized carbons (Fsp3) is 0.333. The third-order valence-corrected chi connectivity index (χ3v) is 4.31. The smallest absolute Gasteiger partial charge is 0.305 e. The standard InChI is InChI=1S/C21H25NO4/c1-15-6-3-4-8-18(15)19(14-21(24)25)22-20(23)9-5-7-16-10-12-17(26-2)13-11-16/h3-4,6,8,10-13,19H,5,7,9,14H2,1-2H3,(H,22,23)(H,24,25). The molecule has 0 saturated heterocycles. The molecule has 2 aromatic carbocycles. The van der Waals surface area contributed by atoms with Crippen molar-refractivity contribution in [2.45, 2.75) is 38.6 Å². The maximum absolute atomic E-state index is 12.3. The fourth-order valence-electron chi connectivity index (χ4n) is 2.90. The monoisotopic (exact) mass is 355 g/mol. The molecule has 1 atom stereocenters. The Morgan fingerprint density at radius 3 is 2.42 bits per heavy atom. The first kappa shape index (κ1) is 19.5. The van der Waals surface area contributed by atoms with E-state index < -0.39 is 12.0 Å². The van der Waals surface area contributed by atoms with Crippen LogP contribution in [-0.2, 0) is 16.0 Å². The average molecular weight is 355 g/mol. The molecule has 0 aromatic heterocycles. The Morgan fingerprint density at radius 2 is 1.81 bits per heavy atom. The molecule has 0 bridgehead atoms. The van der Waals surface area contributed by atoms with Crippen LogP contribution in [0.5, 0.6) is 5.75 Å². The minimum Gasteiger partial charge on any atom is -0.497 e. The van der Waals surface area contributed by atoms with E-state index in [0.29, 0.717) is 12.8 Å². The third kappa shape index (κ3) is 5.92. The van der Waals surface area contributed by atoms with Crippen molar-refractivity contribution >= 4 is 11.9 Å². The Kier molecular flexibility index (Phi) is 7.21. The van der Waals surface area contributed by atoms with E-state index in [1.165, 1.54) is 0 Å². The molecule has 0 radical (unpaired) electrons. The molecule has 1 amide bonds. The number of ether oxygens (including phenoxy) is 1. The fourth-order valence-corrected chi connectivity index (χ4v) is 2.90. The highest BCUT2D eigenvalue weighted by Crippen LogP contribution is 2.21. The molecule has 0 saturated carbocycles. The van der Waals surface area contributed by atoms with Crippen molar-refractivity contribution in [2.75, 3.05) is 7.11 Å². The number of carbonyl (C=O) groups excluding carboxylic acids is 1. The molecule has 0 aliphatic carbocycles. The number of amides is 1. The molecule has 2 rings (SSSR count). The van der Waals surface area contributed by atoms with Crippen LogP contribution in [0.4, 0.5) is 0 Å². The predicted octanol–water partition coefficient (Wildman–Crippen LogP) is 3.66. The van der Waals surface area contributed by atoms with Gasteiger partial charge in [0.05, 0.1) is 19.6 Å². The van der Waals surface area contributed by atoms with Gasteiger partial charge in [-0.25, -0.2) is 0 Å². The number of benzene rings is 2. The van der Waals surface area contributed by atoms with Crippen molar-refractivity contribution < 1.29 is 19.4 Å². The topological polar surface area (TPSA) is 75.6 Å². The Hall–Kier alpha value is -2.82. The molecular formula is C21H25NO4. The molecule has 2 aromatic rings. The second kappa shape index (κ2) is 9.61.